The number of thiophene rings is 1. The van der Waals surface area contributed by atoms with Crippen molar-refractivity contribution in [2.75, 3.05) is 43.9 Å². The lowest BCUT2D eigenvalue weighted by Gasteiger charge is -2.35. The van der Waals surface area contributed by atoms with Crippen molar-refractivity contribution in [2.24, 2.45) is 0 Å². The number of hydrogen-bond donors (Lipinski definition) is 0. The lowest BCUT2D eigenvalue weighted by atomic mass is 10.1. The third-order valence-electron chi connectivity index (χ3n) is 5.46. The molecule has 0 atom stereocenters. The molecule has 168 valence electrons. The van der Waals surface area contributed by atoms with Crippen LogP contribution in [0.2, 0.25) is 0 Å². The van der Waals surface area contributed by atoms with Gasteiger partial charge in [0.05, 0.1) is 18.2 Å². The van der Waals surface area contributed by atoms with Crippen LogP contribution in [0.3, 0.4) is 0 Å². The van der Waals surface area contributed by atoms with E-state index in [0.717, 1.165) is 33.6 Å². The zero-order chi connectivity index (χ0) is 22.7. The molecule has 0 aliphatic carbocycles. The predicted molar refractivity (Wildman–Crippen MR) is 129 cm³/mol. The highest BCUT2D eigenvalue weighted by atomic mass is 32.2. The third-order valence-corrected chi connectivity index (χ3v) is 7.46. The summed E-state index contributed by atoms with van der Waals surface area (Å²) in [7, 11) is 1.38. The number of nitrogens with zero attached hydrogens (tertiary/aromatic N) is 4. The van der Waals surface area contributed by atoms with E-state index in [9.17, 15) is 9.59 Å². The van der Waals surface area contributed by atoms with Crippen LogP contribution in [0.25, 0.3) is 10.2 Å². The minimum Gasteiger partial charge on any atom is -0.468 e. The lowest BCUT2D eigenvalue weighted by molar-refractivity contribution is -0.137. The first-order chi connectivity index (χ1) is 15.5. The fourth-order valence-electron chi connectivity index (χ4n) is 3.60. The summed E-state index contributed by atoms with van der Waals surface area (Å²) in [5, 5.41) is 1.60. The molecule has 0 radical (unpaired) electrons. The molecule has 4 rings (SSSR count). The van der Waals surface area contributed by atoms with E-state index in [-0.39, 0.29) is 17.6 Å². The third kappa shape index (κ3) is 4.88. The number of hydrogen-bond acceptors (Lipinski definition) is 8. The van der Waals surface area contributed by atoms with Gasteiger partial charge < -0.3 is 14.5 Å². The number of carbonyl (C=O) groups excluding carboxylic acids is 2. The van der Waals surface area contributed by atoms with Gasteiger partial charge in [-0.25, -0.2) is 9.97 Å². The summed E-state index contributed by atoms with van der Waals surface area (Å²) in [6.07, 6.45) is 0.934. The smallest absolute Gasteiger partial charge is 0.316 e. The van der Waals surface area contributed by atoms with Crippen LogP contribution in [-0.4, -0.2) is 65.8 Å². The summed E-state index contributed by atoms with van der Waals surface area (Å²) in [5.74, 6) is 0.812. The van der Waals surface area contributed by atoms with Gasteiger partial charge in [0.2, 0.25) is 0 Å². The molecule has 1 aromatic carbocycles. The number of esters is 1. The zero-order valence-electron chi connectivity index (χ0n) is 18.5. The van der Waals surface area contributed by atoms with E-state index in [0.29, 0.717) is 31.3 Å². The average Bonchev–Trinajstić information content (AvgIpc) is 3.25. The quantitative estimate of drug-likeness (QED) is 0.308. The fourth-order valence-corrected chi connectivity index (χ4v) is 5.29. The maximum absolute atomic E-state index is 12.9. The Kier molecular flexibility index (Phi) is 6.95. The van der Waals surface area contributed by atoms with Gasteiger partial charge in [-0.15, -0.1) is 11.3 Å². The Bertz CT molecular complexity index is 1120. The molecule has 0 bridgehead atoms. The molecule has 0 saturated carbocycles. The van der Waals surface area contributed by atoms with Gasteiger partial charge in [0, 0.05) is 36.6 Å². The van der Waals surface area contributed by atoms with Crippen LogP contribution in [0.4, 0.5) is 5.82 Å². The van der Waals surface area contributed by atoms with Gasteiger partial charge in [0.15, 0.2) is 5.16 Å². The van der Waals surface area contributed by atoms with Crippen LogP contribution in [-0.2, 0) is 16.0 Å². The Morgan fingerprint density at radius 1 is 1.12 bits per heavy atom. The van der Waals surface area contributed by atoms with E-state index in [1.807, 2.05) is 36.1 Å². The molecule has 1 saturated heterocycles. The molecule has 0 spiro atoms. The maximum atomic E-state index is 12.9. The Morgan fingerprint density at radius 3 is 2.50 bits per heavy atom. The molecule has 1 amide bonds. The fraction of sp³-hybridized carbons (Fsp3) is 0.391. The number of piperazine rings is 1. The van der Waals surface area contributed by atoms with Gasteiger partial charge >= 0.3 is 5.97 Å². The number of ether oxygens (including phenoxy) is 1. The Balaban J connectivity index is 1.53. The number of aromatic nitrogens is 2. The molecular weight excluding hydrogens is 444 g/mol. The number of thioether (sulfide) groups is 1. The summed E-state index contributed by atoms with van der Waals surface area (Å²) in [6, 6.07) is 9.88. The van der Waals surface area contributed by atoms with E-state index in [1.165, 1.54) is 23.7 Å². The van der Waals surface area contributed by atoms with Crippen LogP contribution >= 0.6 is 23.1 Å². The van der Waals surface area contributed by atoms with Gasteiger partial charge in [-0.05, 0) is 31.5 Å². The molecule has 3 aromatic rings. The number of aryl methyl sites for hydroxylation is 2. The van der Waals surface area contributed by atoms with Crippen molar-refractivity contribution in [3.63, 3.8) is 0 Å². The predicted octanol–water partition coefficient (Wildman–Crippen LogP) is 3.79. The number of methoxy groups -OCH3 is 1. The van der Waals surface area contributed by atoms with Crippen molar-refractivity contribution >= 4 is 51.0 Å². The molecule has 2 aromatic heterocycles. The number of amides is 1. The van der Waals surface area contributed by atoms with E-state index in [2.05, 4.69) is 22.9 Å². The van der Waals surface area contributed by atoms with Gasteiger partial charge in [-0.1, -0.05) is 36.4 Å². The van der Waals surface area contributed by atoms with Crippen molar-refractivity contribution in [3.05, 3.63) is 46.3 Å². The number of fused-ring (bicyclic) bond motifs is 1. The first-order valence-corrected chi connectivity index (χ1v) is 12.4. The molecule has 0 unspecified atom stereocenters. The van der Waals surface area contributed by atoms with Gasteiger partial charge in [-0.2, -0.15) is 0 Å². The van der Waals surface area contributed by atoms with Gasteiger partial charge in [0.1, 0.15) is 10.6 Å². The minimum absolute atomic E-state index is 0.0654. The van der Waals surface area contributed by atoms with E-state index in [1.54, 1.807) is 11.3 Å². The molecule has 7 nitrogen and oxygen atoms in total. The molecule has 1 aliphatic heterocycles. The molecule has 9 heteroatoms. The molecule has 0 N–H and O–H groups in total. The highest BCUT2D eigenvalue weighted by Gasteiger charge is 2.25. The van der Waals surface area contributed by atoms with Crippen molar-refractivity contribution < 1.29 is 14.3 Å². The zero-order valence-corrected chi connectivity index (χ0v) is 20.1. The van der Waals surface area contributed by atoms with Crippen LogP contribution in [0.1, 0.15) is 27.7 Å². The molecule has 1 fully saturated rings. The second-order valence-corrected chi connectivity index (χ2v) is 9.68. The Hall–Kier alpha value is -2.65. The topological polar surface area (TPSA) is 75.6 Å². The highest BCUT2D eigenvalue weighted by Crippen LogP contribution is 2.34. The number of rotatable bonds is 6. The van der Waals surface area contributed by atoms with Gasteiger partial charge in [-0.3, -0.25) is 9.59 Å². The lowest BCUT2D eigenvalue weighted by Crippen LogP contribution is -2.49. The highest BCUT2D eigenvalue weighted by molar-refractivity contribution is 7.99. The summed E-state index contributed by atoms with van der Waals surface area (Å²) in [5.41, 5.74) is 1.86. The van der Waals surface area contributed by atoms with Gasteiger partial charge in [0.25, 0.3) is 5.91 Å². The second-order valence-electron chi connectivity index (χ2n) is 7.62. The van der Waals surface area contributed by atoms with Crippen LogP contribution in [0.5, 0.6) is 0 Å². The molecule has 32 heavy (non-hydrogen) atoms. The number of benzene rings is 1. The Labute approximate surface area is 195 Å². The average molecular weight is 471 g/mol. The minimum atomic E-state index is -0.302. The SMILES string of the molecule is CCc1cc2c(N3CCN(C(=O)c4ccc(C)cc4)CC3)nc(SCC(=O)OC)nc2s1. The Morgan fingerprint density at radius 2 is 1.84 bits per heavy atom. The maximum Gasteiger partial charge on any atom is 0.316 e. The molecular formula is C23H26N4O3S2. The van der Waals surface area contributed by atoms with Crippen molar-refractivity contribution in [3.8, 4) is 0 Å². The monoisotopic (exact) mass is 470 g/mol. The van der Waals surface area contributed by atoms with E-state index < -0.39 is 0 Å². The van der Waals surface area contributed by atoms with Crippen LogP contribution in [0, 0.1) is 6.92 Å². The van der Waals surface area contributed by atoms with Crippen molar-refractivity contribution in [2.45, 2.75) is 25.4 Å². The molecule has 3 heterocycles. The van der Waals surface area contributed by atoms with Crippen LogP contribution in [0.15, 0.2) is 35.5 Å². The largest absolute Gasteiger partial charge is 0.468 e. The summed E-state index contributed by atoms with van der Waals surface area (Å²) >= 11 is 2.95. The van der Waals surface area contributed by atoms with Crippen molar-refractivity contribution in [1.82, 2.24) is 14.9 Å². The summed E-state index contributed by atoms with van der Waals surface area (Å²) in [6.45, 7) is 6.80. The second kappa shape index (κ2) is 9.87. The van der Waals surface area contributed by atoms with E-state index >= 15 is 0 Å². The van der Waals surface area contributed by atoms with Crippen LogP contribution < -0.4 is 4.90 Å². The summed E-state index contributed by atoms with van der Waals surface area (Å²) in [4.78, 5) is 40.2. The first kappa shape index (κ1) is 22.5. The normalized spacial score (nSPS) is 14.1. The van der Waals surface area contributed by atoms with Crippen molar-refractivity contribution in [1.29, 1.82) is 0 Å². The molecule has 1 aliphatic rings. The first-order valence-electron chi connectivity index (χ1n) is 10.6. The number of carbonyl (C=O) groups is 2. The van der Waals surface area contributed by atoms with E-state index in [4.69, 9.17) is 9.72 Å². The summed E-state index contributed by atoms with van der Waals surface area (Å²) < 4.78 is 4.74. The number of anilines is 1. The standard InChI is InChI=1S/C23H26N4O3S2/c1-4-17-13-18-20(24-23(25-21(18)32-17)31-14-19(28)30-3)26-9-11-27(12-10-26)22(29)16-7-5-15(2)6-8-16/h5-8,13H,4,9-12,14H2,1-3H3.